The molecule has 0 saturated carbocycles. The average Bonchev–Trinajstić information content (AvgIpc) is 2.94. The maximum absolute atomic E-state index is 12.3. The Hall–Kier alpha value is -3.84. The predicted octanol–water partition coefficient (Wildman–Crippen LogP) is 8.31. The second-order valence-electron chi connectivity index (χ2n) is 9.12. The van der Waals surface area contributed by atoms with Gasteiger partial charge in [0.1, 0.15) is 0 Å². The molecular formula is C32H24O8S4. The smallest absolute Gasteiger partial charge is 0.308 e. The van der Waals surface area contributed by atoms with Gasteiger partial charge in [-0.1, -0.05) is 71.3 Å². The van der Waals surface area contributed by atoms with Crippen molar-refractivity contribution < 1.29 is 38.1 Å². The summed E-state index contributed by atoms with van der Waals surface area (Å²) in [5, 5.41) is 0. The Kier molecular flexibility index (Phi) is 9.94. The third-order valence-electron chi connectivity index (χ3n) is 5.63. The zero-order valence-electron chi connectivity index (χ0n) is 23.8. The van der Waals surface area contributed by atoms with Crippen molar-refractivity contribution in [1.29, 1.82) is 0 Å². The van der Waals surface area contributed by atoms with E-state index in [-0.39, 0.29) is 0 Å². The lowest BCUT2D eigenvalue weighted by Gasteiger charge is -2.19. The number of rotatable bonds is 4. The van der Waals surface area contributed by atoms with Gasteiger partial charge in [0, 0.05) is 27.7 Å². The van der Waals surface area contributed by atoms with Gasteiger partial charge in [-0.15, -0.1) is 0 Å². The number of fused-ring (bicyclic) bond motifs is 8. The predicted molar refractivity (Wildman–Crippen MR) is 167 cm³/mol. The molecule has 5 rings (SSSR count). The van der Waals surface area contributed by atoms with E-state index in [1.54, 1.807) is 48.5 Å². The fraction of sp³-hybridized carbons (Fsp3) is 0.125. The Morgan fingerprint density at radius 3 is 0.659 bits per heavy atom. The first-order valence-corrected chi connectivity index (χ1v) is 16.3. The van der Waals surface area contributed by atoms with E-state index < -0.39 is 23.9 Å². The third kappa shape index (κ3) is 7.44. The molecule has 8 bridgehead atoms. The Balaban J connectivity index is 1.80. The zero-order valence-corrected chi connectivity index (χ0v) is 27.1. The molecule has 4 aromatic rings. The van der Waals surface area contributed by atoms with Crippen LogP contribution in [0.5, 0.6) is 23.0 Å². The Labute approximate surface area is 270 Å². The summed E-state index contributed by atoms with van der Waals surface area (Å²) in [7, 11) is 0. The number of benzene rings is 4. The number of ether oxygens (including phenoxy) is 4. The molecule has 1 aliphatic rings. The molecule has 0 N–H and O–H groups in total. The summed E-state index contributed by atoms with van der Waals surface area (Å²) in [6.45, 7) is 5.28. The molecule has 0 radical (unpaired) electrons. The SMILES string of the molecule is CC(=O)Oc1c2cccc1Sc1cccc(c1OC(C)=O)Sc1cccc(c1OC(C)=O)Sc1cccc(c1OC(C)=O)S2. The molecular weight excluding hydrogens is 641 g/mol. The van der Waals surface area contributed by atoms with Crippen LogP contribution in [0, 0.1) is 0 Å². The molecule has 1 heterocycles. The van der Waals surface area contributed by atoms with Crippen molar-refractivity contribution in [2.24, 2.45) is 0 Å². The Bertz CT molecular complexity index is 1460. The number of carbonyl (C=O) groups is 4. The van der Waals surface area contributed by atoms with Crippen LogP contribution >= 0.6 is 47.0 Å². The number of esters is 4. The molecule has 1 aliphatic heterocycles. The molecule has 0 saturated heterocycles. The van der Waals surface area contributed by atoms with Gasteiger partial charge in [-0.2, -0.15) is 0 Å². The molecule has 0 atom stereocenters. The van der Waals surface area contributed by atoms with Crippen LogP contribution in [0.25, 0.3) is 0 Å². The molecule has 0 spiro atoms. The van der Waals surface area contributed by atoms with Gasteiger partial charge >= 0.3 is 23.9 Å². The van der Waals surface area contributed by atoms with Gasteiger partial charge in [-0.3, -0.25) is 19.2 Å². The zero-order chi connectivity index (χ0) is 31.4. The first kappa shape index (κ1) is 31.6. The minimum atomic E-state index is -0.514. The minimum absolute atomic E-state index is 0.308. The third-order valence-corrected chi connectivity index (χ3v) is 9.97. The summed E-state index contributed by atoms with van der Waals surface area (Å²) in [6, 6.07) is 21.7. The largest absolute Gasteiger partial charge is 0.424 e. The molecule has 0 aliphatic carbocycles. The fourth-order valence-electron chi connectivity index (χ4n) is 4.08. The highest BCUT2D eigenvalue weighted by molar-refractivity contribution is 8.01. The molecule has 4 aromatic carbocycles. The van der Waals surface area contributed by atoms with Gasteiger partial charge in [0.25, 0.3) is 0 Å². The van der Waals surface area contributed by atoms with E-state index in [1.807, 2.05) is 24.3 Å². The average molecular weight is 665 g/mol. The summed E-state index contributed by atoms with van der Waals surface area (Å²) in [5.74, 6) is -0.822. The van der Waals surface area contributed by atoms with Crippen LogP contribution in [-0.2, 0) is 19.2 Å². The van der Waals surface area contributed by atoms with Crippen molar-refractivity contribution in [1.82, 2.24) is 0 Å². The summed E-state index contributed by atoms with van der Waals surface area (Å²) in [4.78, 5) is 53.8. The summed E-state index contributed by atoms with van der Waals surface area (Å²) < 4.78 is 23.0. The van der Waals surface area contributed by atoms with Crippen molar-refractivity contribution >= 4 is 70.9 Å². The van der Waals surface area contributed by atoms with Crippen molar-refractivity contribution in [2.75, 3.05) is 0 Å². The second-order valence-corrected chi connectivity index (χ2v) is 13.5. The van der Waals surface area contributed by atoms with Crippen molar-refractivity contribution in [3.05, 3.63) is 72.8 Å². The van der Waals surface area contributed by atoms with E-state index in [9.17, 15) is 19.2 Å². The van der Waals surface area contributed by atoms with E-state index >= 15 is 0 Å². The van der Waals surface area contributed by atoms with E-state index in [2.05, 4.69) is 0 Å². The number of para-hydroxylation sites is 4. The minimum Gasteiger partial charge on any atom is -0.424 e. The van der Waals surface area contributed by atoms with E-state index in [4.69, 9.17) is 18.9 Å². The molecule has 0 unspecified atom stereocenters. The quantitative estimate of drug-likeness (QED) is 0.136. The Morgan fingerprint density at radius 2 is 0.523 bits per heavy atom. The Morgan fingerprint density at radius 1 is 0.364 bits per heavy atom. The van der Waals surface area contributed by atoms with Crippen LogP contribution in [0.2, 0.25) is 0 Å². The first-order chi connectivity index (χ1) is 21.1. The number of hydrogen-bond donors (Lipinski definition) is 0. The van der Waals surface area contributed by atoms with E-state index in [1.165, 1.54) is 74.7 Å². The summed E-state index contributed by atoms with van der Waals surface area (Å²) in [5.41, 5.74) is 0. The molecule has 0 aromatic heterocycles. The van der Waals surface area contributed by atoms with Gasteiger partial charge in [0.15, 0.2) is 23.0 Å². The van der Waals surface area contributed by atoms with Crippen LogP contribution in [0.4, 0.5) is 0 Å². The highest BCUT2D eigenvalue weighted by Gasteiger charge is 2.24. The standard InChI is InChI=1S/C32H24O8S4/c1-17(33)37-29-21-9-5-10-22(29)42-24-12-7-14-26(31(24)39-19(3)35)44-28-16-8-15-27(32(28)40-20(4)36)43-25-13-6-11-23(41-21)30(25)38-18(2)34/h5-16H,1-4H3. The van der Waals surface area contributed by atoms with Crippen LogP contribution in [-0.4, -0.2) is 23.9 Å². The molecule has 224 valence electrons. The van der Waals surface area contributed by atoms with Crippen LogP contribution in [0.15, 0.2) is 112 Å². The maximum atomic E-state index is 12.3. The second kappa shape index (κ2) is 13.9. The lowest BCUT2D eigenvalue weighted by atomic mass is 10.3. The van der Waals surface area contributed by atoms with E-state index in [0.29, 0.717) is 62.2 Å². The van der Waals surface area contributed by atoms with Crippen LogP contribution in [0.3, 0.4) is 0 Å². The van der Waals surface area contributed by atoms with Gasteiger partial charge in [-0.05, 0) is 48.5 Å². The summed E-state index contributed by atoms with van der Waals surface area (Å²) in [6.07, 6.45) is 0. The van der Waals surface area contributed by atoms with Gasteiger partial charge in [0.05, 0.1) is 39.2 Å². The molecule has 8 nitrogen and oxygen atoms in total. The molecule has 0 fully saturated rings. The highest BCUT2D eigenvalue weighted by atomic mass is 32.2. The van der Waals surface area contributed by atoms with Gasteiger partial charge < -0.3 is 18.9 Å². The maximum Gasteiger partial charge on any atom is 0.308 e. The number of carbonyl (C=O) groups excluding carboxylic acids is 4. The van der Waals surface area contributed by atoms with Crippen LogP contribution < -0.4 is 18.9 Å². The van der Waals surface area contributed by atoms with E-state index in [0.717, 1.165) is 0 Å². The lowest BCUT2D eigenvalue weighted by molar-refractivity contribution is -0.133. The van der Waals surface area contributed by atoms with Gasteiger partial charge in [0.2, 0.25) is 0 Å². The van der Waals surface area contributed by atoms with Crippen molar-refractivity contribution in [3.8, 4) is 23.0 Å². The lowest BCUT2D eigenvalue weighted by Crippen LogP contribution is -2.06. The normalized spacial score (nSPS) is 12.1. The molecule has 0 amide bonds. The molecule has 12 heteroatoms. The fourth-order valence-corrected chi connectivity index (χ4v) is 8.41. The highest BCUT2D eigenvalue weighted by Crippen LogP contribution is 2.53. The topological polar surface area (TPSA) is 105 Å². The van der Waals surface area contributed by atoms with Crippen LogP contribution in [0.1, 0.15) is 27.7 Å². The molecule has 44 heavy (non-hydrogen) atoms. The monoisotopic (exact) mass is 664 g/mol. The first-order valence-electron chi connectivity index (χ1n) is 13.1. The number of hydrogen-bond acceptors (Lipinski definition) is 12. The van der Waals surface area contributed by atoms with Crippen molar-refractivity contribution in [2.45, 2.75) is 66.9 Å². The summed E-state index contributed by atoms with van der Waals surface area (Å²) >= 11 is 5.05. The van der Waals surface area contributed by atoms with Crippen molar-refractivity contribution in [3.63, 3.8) is 0 Å². The van der Waals surface area contributed by atoms with Gasteiger partial charge in [-0.25, -0.2) is 0 Å².